The van der Waals surface area contributed by atoms with Crippen molar-refractivity contribution in [2.75, 3.05) is 6.54 Å². The van der Waals surface area contributed by atoms with Crippen LogP contribution in [0.4, 0.5) is 0 Å². The maximum absolute atomic E-state index is 13.0. The summed E-state index contributed by atoms with van der Waals surface area (Å²) in [6.45, 7) is 4.76. The molecule has 0 aromatic carbocycles. The zero-order chi connectivity index (χ0) is 17.0. The smallest absolute Gasteiger partial charge is 0.226 e. The summed E-state index contributed by atoms with van der Waals surface area (Å²) in [5.41, 5.74) is -0.766. The number of aliphatic hydroxyl groups is 1. The van der Waals surface area contributed by atoms with Gasteiger partial charge in [-0.1, -0.05) is 13.3 Å². The molecule has 4 saturated carbocycles. The number of carbonyl (C=O) groups is 1. The third-order valence-electron chi connectivity index (χ3n) is 6.84. The molecule has 4 unspecified atom stereocenters. The van der Waals surface area contributed by atoms with Crippen molar-refractivity contribution in [3.63, 3.8) is 0 Å². The van der Waals surface area contributed by atoms with E-state index in [9.17, 15) is 9.90 Å². The van der Waals surface area contributed by atoms with E-state index in [4.69, 9.17) is 4.42 Å². The number of aryl methyl sites for hydroxylation is 1. The third-order valence-corrected chi connectivity index (χ3v) is 6.84. The quantitative estimate of drug-likeness (QED) is 0.869. The predicted molar refractivity (Wildman–Crippen MR) is 91.5 cm³/mol. The summed E-state index contributed by atoms with van der Waals surface area (Å²) in [4.78, 5) is 13.0. The van der Waals surface area contributed by atoms with Gasteiger partial charge in [0.25, 0.3) is 0 Å². The Morgan fingerprint density at radius 2 is 2.12 bits per heavy atom. The maximum Gasteiger partial charge on any atom is 0.226 e. The molecule has 0 aliphatic heterocycles. The Kier molecular flexibility index (Phi) is 3.61. The van der Waals surface area contributed by atoms with Crippen molar-refractivity contribution in [2.45, 2.75) is 70.8 Å². The van der Waals surface area contributed by atoms with Crippen LogP contribution in [-0.4, -0.2) is 23.2 Å². The SMILES string of the molecule is CCC12CC3CC(O)(C1)CC(C(=O)NCCc1ccc(C)o1)(C3)C2. The van der Waals surface area contributed by atoms with Gasteiger partial charge in [-0.3, -0.25) is 4.79 Å². The maximum atomic E-state index is 13.0. The monoisotopic (exact) mass is 331 g/mol. The lowest BCUT2D eigenvalue weighted by Gasteiger charge is -2.64. The molecule has 1 amide bonds. The highest BCUT2D eigenvalue weighted by Crippen LogP contribution is 2.67. The minimum Gasteiger partial charge on any atom is -0.466 e. The number of rotatable bonds is 5. The molecule has 4 fully saturated rings. The van der Waals surface area contributed by atoms with E-state index in [0.29, 0.717) is 18.9 Å². The molecular formula is C20H29NO3. The summed E-state index contributed by atoms with van der Waals surface area (Å²) >= 11 is 0. The highest BCUT2D eigenvalue weighted by Gasteiger charge is 2.64. The van der Waals surface area contributed by atoms with Crippen molar-refractivity contribution in [2.24, 2.45) is 16.7 Å². The molecule has 132 valence electrons. The Morgan fingerprint density at radius 1 is 1.29 bits per heavy atom. The van der Waals surface area contributed by atoms with Crippen molar-refractivity contribution in [3.8, 4) is 0 Å². The molecule has 2 N–H and O–H groups in total. The van der Waals surface area contributed by atoms with E-state index in [1.54, 1.807) is 0 Å². The van der Waals surface area contributed by atoms with Crippen molar-refractivity contribution < 1.29 is 14.3 Å². The fraction of sp³-hybridized carbons (Fsp3) is 0.750. The third kappa shape index (κ3) is 2.59. The lowest BCUT2D eigenvalue weighted by molar-refractivity contribution is -0.204. The molecule has 1 heterocycles. The van der Waals surface area contributed by atoms with Crippen molar-refractivity contribution in [3.05, 3.63) is 23.7 Å². The summed E-state index contributed by atoms with van der Waals surface area (Å²) in [5, 5.41) is 14.2. The van der Waals surface area contributed by atoms with Crippen LogP contribution < -0.4 is 5.32 Å². The number of furan rings is 1. The topological polar surface area (TPSA) is 62.5 Å². The minimum absolute atomic E-state index is 0.158. The molecule has 0 spiro atoms. The van der Waals surface area contributed by atoms with E-state index >= 15 is 0 Å². The molecule has 24 heavy (non-hydrogen) atoms. The molecule has 5 rings (SSSR count). The van der Waals surface area contributed by atoms with Gasteiger partial charge in [-0.2, -0.15) is 0 Å². The highest BCUT2D eigenvalue weighted by atomic mass is 16.3. The second-order valence-electron chi connectivity index (χ2n) is 8.89. The van der Waals surface area contributed by atoms with Gasteiger partial charge in [-0.05, 0) is 68.9 Å². The van der Waals surface area contributed by atoms with Crippen LogP contribution in [0.2, 0.25) is 0 Å². The van der Waals surface area contributed by atoms with Crippen LogP contribution in [0.1, 0.15) is 63.4 Å². The van der Waals surface area contributed by atoms with Crippen LogP contribution in [0.3, 0.4) is 0 Å². The lowest BCUT2D eigenvalue weighted by Crippen LogP contribution is -2.63. The second kappa shape index (κ2) is 5.35. The zero-order valence-corrected chi connectivity index (χ0v) is 14.9. The van der Waals surface area contributed by atoms with Gasteiger partial charge in [-0.25, -0.2) is 0 Å². The first-order valence-electron chi connectivity index (χ1n) is 9.42. The average molecular weight is 331 g/mol. The van der Waals surface area contributed by atoms with E-state index in [1.807, 2.05) is 19.1 Å². The van der Waals surface area contributed by atoms with Crippen molar-refractivity contribution >= 4 is 5.91 Å². The molecule has 4 atom stereocenters. The van der Waals surface area contributed by atoms with E-state index in [-0.39, 0.29) is 16.7 Å². The summed E-state index contributed by atoms with van der Waals surface area (Å²) in [6.07, 6.45) is 7.37. The van der Waals surface area contributed by atoms with Crippen LogP contribution in [-0.2, 0) is 11.2 Å². The average Bonchev–Trinajstić information content (AvgIpc) is 2.90. The Bertz CT molecular complexity index is 653. The Morgan fingerprint density at radius 3 is 2.79 bits per heavy atom. The van der Waals surface area contributed by atoms with Gasteiger partial charge in [0.1, 0.15) is 11.5 Å². The first kappa shape index (κ1) is 16.2. The number of hydrogen-bond donors (Lipinski definition) is 2. The van der Waals surface area contributed by atoms with Crippen LogP contribution in [0, 0.1) is 23.7 Å². The Labute approximate surface area is 144 Å². The van der Waals surface area contributed by atoms with Gasteiger partial charge >= 0.3 is 0 Å². The molecule has 0 radical (unpaired) electrons. The first-order valence-corrected chi connectivity index (χ1v) is 9.42. The van der Waals surface area contributed by atoms with Crippen molar-refractivity contribution in [1.29, 1.82) is 0 Å². The Balaban J connectivity index is 1.45. The van der Waals surface area contributed by atoms with Gasteiger partial charge in [0.05, 0.1) is 11.0 Å². The summed E-state index contributed by atoms with van der Waals surface area (Å²) in [7, 11) is 0. The normalized spacial score (nSPS) is 40.0. The summed E-state index contributed by atoms with van der Waals surface area (Å²) in [5.74, 6) is 2.50. The molecule has 4 nitrogen and oxygen atoms in total. The van der Waals surface area contributed by atoms with Gasteiger partial charge in [-0.15, -0.1) is 0 Å². The number of carbonyl (C=O) groups excluding carboxylic acids is 1. The van der Waals surface area contributed by atoms with E-state index in [0.717, 1.165) is 50.0 Å². The predicted octanol–water partition coefficient (Wildman–Crippen LogP) is 3.36. The summed E-state index contributed by atoms with van der Waals surface area (Å²) in [6, 6.07) is 3.93. The van der Waals surface area contributed by atoms with Gasteiger partial charge < -0.3 is 14.8 Å². The van der Waals surface area contributed by atoms with Crippen LogP contribution in [0.5, 0.6) is 0 Å². The lowest BCUT2D eigenvalue weighted by atomic mass is 9.42. The highest BCUT2D eigenvalue weighted by molar-refractivity contribution is 5.83. The first-order chi connectivity index (χ1) is 11.4. The van der Waals surface area contributed by atoms with Gasteiger partial charge in [0.15, 0.2) is 0 Å². The van der Waals surface area contributed by atoms with Gasteiger partial charge in [0, 0.05) is 13.0 Å². The molecule has 1 aromatic heterocycles. The van der Waals surface area contributed by atoms with Gasteiger partial charge in [0.2, 0.25) is 5.91 Å². The van der Waals surface area contributed by atoms with Crippen LogP contribution >= 0.6 is 0 Å². The Hall–Kier alpha value is -1.29. The van der Waals surface area contributed by atoms with E-state index < -0.39 is 5.60 Å². The molecule has 4 aliphatic rings. The number of nitrogens with one attached hydrogen (secondary N) is 1. The molecule has 0 saturated heterocycles. The molecule has 1 aromatic rings. The molecule has 4 aliphatic carbocycles. The minimum atomic E-state index is -0.606. The molecule has 4 bridgehead atoms. The van der Waals surface area contributed by atoms with Crippen molar-refractivity contribution in [1.82, 2.24) is 5.32 Å². The van der Waals surface area contributed by atoms with Crippen LogP contribution in [0.25, 0.3) is 0 Å². The largest absolute Gasteiger partial charge is 0.466 e. The standard InChI is InChI=1S/C20H29NO3/c1-3-18-8-15-9-19(11-18,13-20(23,10-15)12-18)17(22)21-7-6-16-5-4-14(2)24-16/h4-5,15,23H,3,6-13H2,1-2H3,(H,21,22). The van der Waals surface area contributed by atoms with Crippen LogP contribution in [0.15, 0.2) is 16.5 Å². The van der Waals surface area contributed by atoms with E-state index in [1.165, 1.54) is 6.42 Å². The number of amides is 1. The summed E-state index contributed by atoms with van der Waals surface area (Å²) < 4.78 is 5.57. The fourth-order valence-electron chi connectivity index (χ4n) is 6.34. The zero-order valence-electron chi connectivity index (χ0n) is 14.9. The molecule has 4 heteroatoms. The molecular weight excluding hydrogens is 302 g/mol. The second-order valence-corrected chi connectivity index (χ2v) is 8.89. The van der Waals surface area contributed by atoms with E-state index in [2.05, 4.69) is 12.2 Å². The number of hydrogen-bond acceptors (Lipinski definition) is 3. The fourth-order valence-corrected chi connectivity index (χ4v) is 6.34.